The number of aliphatic hydroxyl groups is 1. The monoisotopic (exact) mass is 473 g/mol. The van der Waals surface area contributed by atoms with Gasteiger partial charge in [0.25, 0.3) is 5.22 Å². The molecule has 5 nitrogen and oxygen atoms in total. The molecular formula is C28H27NO4S. The van der Waals surface area contributed by atoms with E-state index in [-0.39, 0.29) is 25.1 Å². The smallest absolute Gasteiger partial charge is 0.256 e. The zero-order valence-electron chi connectivity index (χ0n) is 19.0. The van der Waals surface area contributed by atoms with E-state index in [0.29, 0.717) is 11.0 Å². The summed E-state index contributed by atoms with van der Waals surface area (Å²) in [4.78, 5) is 4.84. The molecule has 174 valence electrons. The molecule has 3 aromatic carbocycles. The fourth-order valence-corrected chi connectivity index (χ4v) is 4.99. The van der Waals surface area contributed by atoms with Gasteiger partial charge in [-0.05, 0) is 18.1 Å². The first-order chi connectivity index (χ1) is 16.7. The number of benzene rings is 3. The minimum atomic E-state index is -0.300. The standard InChI is InChI=1S/C28H27NO4S/c1-19-31-24(16-25(32-19)21-14-12-20(17-30)13-15-21)18-34-28-29-26(22-8-4-2-5-9-22)27(33-28)23-10-6-3-7-11-23/h2-15,19,24-25,30H,16-18H2,1H3/t19-,24?,25?/m0/s1. The molecule has 1 fully saturated rings. The van der Waals surface area contributed by atoms with Crippen LogP contribution in [0.25, 0.3) is 22.6 Å². The van der Waals surface area contributed by atoms with E-state index in [2.05, 4.69) is 12.1 Å². The first-order valence-electron chi connectivity index (χ1n) is 11.4. The van der Waals surface area contributed by atoms with Crippen molar-refractivity contribution in [1.29, 1.82) is 0 Å². The lowest BCUT2D eigenvalue weighted by Gasteiger charge is -2.34. The number of rotatable bonds is 7. The van der Waals surface area contributed by atoms with Gasteiger partial charge in [-0.15, -0.1) is 0 Å². The van der Waals surface area contributed by atoms with Gasteiger partial charge in [-0.1, -0.05) is 96.7 Å². The van der Waals surface area contributed by atoms with E-state index in [4.69, 9.17) is 18.9 Å². The molecule has 1 aliphatic rings. The summed E-state index contributed by atoms with van der Waals surface area (Å²) >= 11 is 1.57. The number of thioether (sulfide) groups is 1. The van der Waals surface area contributed by atoms with Crippen LogP contribution in [-0.2, 0) is 16.1 Å². The third-order valence-electron chi connectivity index (χ3n) is 5.83. The molecule has 0 saturated carbocycles. The molecule has 2 unspecified atom stereocenters. The van der Waals surface area contributed by atoms with Crippen molar-refractivity contribution in [3.05, 3.63) is 96.1 Å². The first kappa shape index (κ1) is 22.9. The third kappa shape index (κ3) is 5.26. The van der Waals surface area contributed by atoms with E-state index in [1.807, 2.05) is 79.7 Å². The van der Waals surface area contributed by atoms with Gasteiger partial charge in [0.05, 0.1) is 18.8 Å². The van der Waals surface area contributed by atoms with Gasteiger partial charge in [0.15, 0.2) is 12.1 Å². The molecule has 1 aromatic heterocycles. The molecular weight excluding hydrogens is 446 g/mol. The maximum atomic E-state index is 9.30. The maximum Gasteiger partial charge on any atom is 0.256 e. The van der Waals surface area contributed by atoms with E-state index in [0.717, 1.165) is 40.1 Å². The molecule has 4 aromatic rings. The van der Waals surface area contributed by atoms with Crippen molar-refractivity contribution in [3.63, 3.8) is 0 Å². The molecule has 0 spiro atoms. The Hall–Kier alpha value is -2.90. The summed E-state index contributed by atoms with van der Waals surface area (Å²) in [5.74, 6) is 1.49. The lowest BCUT2D eigenvalue weighted by atomic mass is 10.0. The molecule has 0 amide bonds. The Morgan fingerprint density at radius 1 is 0.882 bits per heavy atom. The number of nitrogens with zero attached hydrogens (tertiary/aromatic N) is 1. The van der Waals surface area contributed by atoms with Gasteiger partial charge >= 0.3 is 0 Å². The maximum absolute atomic E-state index is 9.30. The number of aliphatic hydroxyl groups excluding tert-OH is 1. The van der Waals surface area contributed by atoms with Crippen molar-refractivity contribution in [3.8, 4) is 22.6 Å². The highest BCUT2D eigenvalue weighted by Gasteiger charge is 2.29. The summed E-state index contributed by atoms with van der Waals surface area (Å²) in [7, 11) is 0. The predicted molar refractivity (Wildman–Crippen MR) is 133 cm³/mol. The van der Waals surface area contributed by atoms with Crippen molar-refractivity contribution >= 4 is 11.8 Å². The summed E-state index contributed by atoms with van der Waals surface area (Å²) in [6, 6.07) is 28.1. The number of hydrogen-bond donors (Lipinski definition) is 1. The molecule has 5 rings (SSSR count). The van der Waals surface area contributed by atoms with Gasteiger partial charge in [0, 0.05) is 23.3 Å². The minimum Gasteiger partial charge on any atom is -0.431 e. The Morgan fingerprint density at radius 3 is 2.24 bits per heavy atom. The Labute approximate surface area is 203 Å². The summed E-state index contributed by atoms with van der Waals surface area (Å²) in [5.41, 5.74) is 4.86. The lowest BCUT2D eigenvalue weighted by Crippen LogP contribution is -2.33. The van der Waals surface area contributed by atoms with Gasteiger partial charge in [-0.2, -0.15) is 0 Å². The van der Waals surface area contributed by atoms with Crippen molar-refractivity contribution in [2.24, 2.45) is 0 Å². The molecule has 2 heterocycles. The summed E-state index contributed by atoms with van der Waals surface area (Å²) < 4.78 is 18.3. The highest BCUT2D eigenvalue weighted by Crippen LogP contribution is 2.37. The van der Waals surface area contributed by atoms with E-state index in [9.17, 15) is 5.11 Å². The minimum absolute atomic E-state index is 0.00326. The van der Waals surface area contributed by atoms with Crippen LogP contribution in [0.2, 0.25) is 0 Å². The fourth-order valence-electron chi connectivity index (χ4n) is 4.15. The Bertz CT molecular complexity index is 1140. The van der Waals surface area contributed by atoms with Gasteiger partial charge in [0.2, 0.25) is 0 Å². The predicted octanol–water partition coefficient (Wildman–Crippen LogP) is 6.49. The van der Waals surface area contributed by atoms with Crippen LogP contribution < -0.4 is 0 Å². The largest absolute Gasteiger partial charge is 0.431 e. The van der Waals surface area contributed by atoms with Crippen LogP contribution >= 0.6 is 11.8 Å². The molecule has 34 heavy (non-hydrogen) atoms. The zero-order valence-corrected chi connectivity index (χ0v) is 19.8. The summed E-state index contributed by atoms with van der Waals surface area (Å²) in [6.45, 7) is 1.97. The Balaban J connectivity index is 1.32. The van der Waals surface area contributed by atoms with Crippen LogP contribution in [0.15, 0.2) is 94.6 Å². The fraction of sp³-hybridized carbons (Fsp3) is 0.250. The highest BCUT2D eigenvalue weighted by molar-refractivity contribution is 7.99. The van der Waals surface area contributed by atoms with Crippen LogP contribution in [0, 0.1) is 0 Å². The topological polar surface area (TPSA) is 64.7 Å². The molecule has 1 saturated heterocycles. The molecule has 0 radical (unpaired) electrons. The second-order valence-corrected chi connectivity index (χ2v) is 9.26. The van der Waals surface area contributed by atoms with Crippen molar-refractivity contribution in [1.82, 2.24) is 4.98 Å². The molecule has 1 aliphatic heterocycles. The van der Waals surface area contributed by atoms with E-state index >= 15 is 0 Å². The van der Waals surface area contributed by atoms with Crippen molar-refractivity contribution in [2.75, 3.05) is 5.75 Å². The van der Waals surface area contributed by atoms with Crippen LogP contribution in [0.5, 0.6) is 0 Å². The third-order valence-corrected chi connectivity index (χ3v) is 6.79. The van der Waals surface area contributed by atoms with E-state index in [1.54, 1.807) is 11.8 Å². The lowest BCUT2D eigenvalue weighted by molar-refractivity contribution is -0.230. The Kier molecular flexibility index (Phi) is 7.11. The molecule has 6 heteroatoms. The number of ether oxygens (including phenoxy) is 2. The molecule has 1 N–H and O–H groups in total. The van der Waals surface area contributed by atoms with Crippen LogP contribution in [0.4, 0.5) is 0 Å². The zero-order chi connectivity index (χ0) is 23.3. The van der Waals surface area contributed by atoms with Gasteiger partial charge in [-0.25, -0.2) is 4.98 Å². The summed E-state index contributed by atoms with van der Waals surface area (Å²) in [6.07, 6.45) is 0.397. The summed E-state index contributed by atoms with van der Waals surface area (Å²) in [5, 5.41) is 9.93. The normalized spacial score (nSPS) is 20.4. The van der Waals surface area contributed by atoms with E-state index < -0.39 is 0 Å². The first-order valence-corrected chi connectivity index (χ1v) is 12.4. The van der Waals surface area contributed by atoms with Crippen molar-refractivity contribution in [2.45, 2.75) is 43.7 Å². The Morgan fingerprint density at radius 2 is 1.56 bits per heavy atom. The number of hydrogen-bond acceptors (Lipinski definition) is 6. The van der Waals surface area contributed by atoms with Gasteiger partial charge < -0.3 is 19.0 Å². The number of oxazole rings is 1. The van der Waals surface area contributed by atoms with Crippen molar-refractivity contribution < 1.29 is 19.0 Å². The van der Waals surface area contributed by atoms with Crippen LogP contribution in [-0.4, -0.2) is 28.2 Å². The molecule has 3 atom stereocenters. The van der Waals surface area contributed by atoms with Gasteiger partial charge in [0.1, 0.15) is 5.69 Å². The van der Waals surface area contributed by atoms with Crippen LogP contribution in [0.1, 0.15) is 30.6 Å². The average molecular weight is 474 g/mol. The molecule has 0 aliphatic carbocycles. The number of aromatic nitrogens is 1. The second kappa shape index (κ2) is 10.6. The quantitative estimate of drug-likeness (QED) is 0.310. The van der Waals surface area contributed by atoms with Gasteiger partial charge in [-0.3, -0.25) is 0 Å². The second-order valence-electron chi connectivity index (χ2n) is 8.29. The molecule has 0 bridgehead atoms. The highest BCUT2D eigenvalue weighted by atomic mass is 32.2. The SMILES string of the molecule is C[C@H]1OC(CSc2nc(-c3ccccc3)c(-c3ccccc3)o2)CC(c2ccc(CO)cc2)O1. The van der Waals surface area contributed by atoms with Crippen LogP contribution in [0.3, 0.4) is 0 Å². The average Bonchev–Trinajstić information content (AvgIpc) is 3.33. The van der Waals surface area contributed by atoms with E-state index in [1.165, 1.54) is 0 Å².